The number of carbonyl (C=O) groups excluding carboxylic acids is 2. The fourth-order valence-electron chi connectivity index (χ4n) is 4.89. The number of hydrogen-bond donors (Lipinski definition) is 0. The van der Waals surface area contributed by atoms with E-state index in [1.807, 2.05) is 66.7 Å². The summed E-state index contributed by atoms with van der Waals surface area (Å²) in [5, 5.41) is 8.89. The van der Waals surface area contributed by atoms with Crippen molar-refractivity contribution < 1.29 is 14.3 Å². The Morgan fingerprint density at radius 2 is 1.45 bits per heavy atom. The maximum atomic E-state index is 13.7. The van der Waals surface area contributed by atoms with Gasteiger partial charge >= 0.3 is 5.97 Å². The van der Waals surface area contributed by atoms with Gasteiger partial charge in [0.05, 0.1) is 17.3 Å². The van der Waals surface area contributed by atoms with E-state index in [1.165, 1.54) is 5.01 Å². The molecule has 0 N–H and O–H groups in total. The van der Waals surface area contributed by atoms with Gasteiger partial charge in [0, 0.05) is 33.0 Å². The van der Waals surface area contributed by atoms with Crippen LogP contribution >= 0.6 is 23.2 Å². The van der Waals surface area contributed by atoms with Crippen molar-refractivity contribution in [2.75, 3.05) is 0 Å². The van der Waals surface area contributed by atoms with E-state index >= 15 is 0 Å². The largest absolute Gasteiger partial charge is 0.422 e. The number of esters is 1. The monoisotopic (exact) mass is 564 g/mol. The van der Waals surface area contributed by atoms with E-state index < -0.39 is 12.0 Å². The van der Waals surface area contributed by atoms with Crippen LogP contribution < -0.4 is 4.74 Å². The van der Waals surface area contributed by atoms with Crippen LogP contribution in [0.3, 0.4) is 0 Å². The molecule has 0 spiro atoms. The van der Waals surface area contributed by atoms with Gasteiger partial charge in [-0.15, -0.1) is 0 Å². The topological polar surface area (TPSA) is 59.0 Å². The van der Waals surface area contributed by atoms with Gasteiger partial charge in [0.15, 0.2) is 0 Å². The highest BCUT2D eigenvalue weighted by atomic mass is 35.5. The lowest BCUT2D eigenvalue weighted by molar-refractivity contribution is 0.0708. The molecule has 0 saturated heterocycles. The van der Waals surface area contributed by atoms with E-state index in [1.54, 1.807) is 48.5 Å². The molecule has 1 heterocycles. The number of hydrazone groups is 1. The van der Waals surface area contributed by atoms with Gasteiger partial charge in [0.25, 0.3) is 5.91 Å². The summed E-state index contributed by atoms with van der Waals surface area (Å²) in [5.41, 5.74) is 2.87. The molecule has 1 amide bonds. The highest BCUT2D eigenvalue weighted by Gasteiger charge is 2.36. The number of hydrogen-bond acceptors (Lipinski definition) is 4. The lowest BCUT2D eigenvalue weighted by atomic mass is 9.95. The molecule has 5 aromatic rings. The second-order valence-electron chi connectivity index (χ2n) is 9.37. The van der Waals surface area contributed by atoms with Crippen molar-refractivity contribution in [3.63, 3.8) is 0 Å². The fraction of sp³-hybridized carbons (Fsp3) is 0.0606. The number of halogens is 2. The zero-order valence-corrected chi connectivity index (χ0v) is 22.6. The van der Waals surface area contributed by atoms with Crippen molar-refractivity contribution in [3.8, 4) is 5.75 Å². The summed E-state index contributed by atoms with van der Waals surface area (Å²) in [5.74, 6) is -0.359. The lowest BCUT2D eigenvalue weighted by Gasteiger charge is -2.23. The Morgan fingerprint density at radius 3 is 2.17 bits per heavy atom. The average Bonchev–Trinajstić information content (AvgIpc) is 3.42. The van der Waals surface area contributed by atoms with Crippen molar-refractivity contribution in [1.29, 1.82) is 0 Å². The minimum Gasteiger partial charge on any atom is -0.422 e. The molecule has 0 aromatic heterocycles. The van der Waals surface area contributed by atoms with Gasteiger partial charge in [-0.25, -0.2) is 9.80 Å². The van der Waals surface area contributed by atoms with Gasteiger partial charge < -0.3 is 4.74 Å². The Balaban J connectivity index is 1.47. The lowest BCUT2D eigenvalue weighted by Crippen LogP contribution is -2.27. The summed E-state index contributed by atoms with van der Waals surface area (Å²) in [6, 6.07) is 34.0. The van der Waals surface area contributed by atoms with Crippen molar-refractivity contribution in [2.24, 2.45) is 5.10 Å². The highest BCUT2D eigenvalue weighted by Crippen LogP contribution is 2.41. The van der Waals surface area contributed by atoms with Crippen molar-refractivity contribution in [1.82, 2.24) is 5.01 Å². The molecule has 7 heteroatoms. The minimum absolute atomic E-state index is 0.268. The second-order valence-corrected chi connectivity index (χ2v) is 10.2. The molecule has 5 nitrogen and oxygen atoms in total. The zero-order valence-electron chi connectivity index (χ0n) is 21.1. The number of fused-ring (bicyclic) bond motifs is 1. The SMILES string of the molecule is O=C(Oc1c(C2=NN(C(=O)c3ccccc3)[C@@H](c3ccc(Cl)cc3Cl)C2)ccc2ccccc12)c1ccccc1. The van der Waals surface area contributed by atoms with Crippen LogP contribution in [0.15, 0.2) is 120 Å². The third-order valence-electron chi connectivity index (χ3n) is 6.86. The van der Waals surface area contributed by atoms with E-state index in [2.05, 4.69) is 0 Å². The first-order valence-corrected chi connectivity index (χ1v) is 13.5. The quantitative estimate of drug-likeness (QED) is 0.159. The fourth-order valence-corrected chi connectivity index (χ4v) is 5.43. The Labute approximate surface area is 241 Å². The summed E-state index contributed by atoms with van der Waals surface area (Å²) in [4.78, 5) is 26.9. The smallest absolute Gasteiger partial charge is 0.343 e. The molecule has 0 radical (unpaired) electrons. The maximum Gasteiger partial charge on any atom is 0.343 e. The van der Waals surface area contributed by atoms with Gasteiger partial charge in [0.1, 0.15) is 5.75 Å². The summed E-state index contributed by atoms with van der Waals surface area (Å²) in [6.07, 6.45) is 0.355. The maximum absolute atomic E-state index is 13.7. The van der Waals surface area contributed by atoms with Gasteiger partial charge in [-0.05, 0) is 53.4 Å². The zero-order chi connectivity index (χ0) is 27.6. The normalized spacial score (nSPS) is 14.7. The standard InChI is InChI=1S/C33H22Cl2N2O3/c34-24-16-18-26(28(35)19-24)30-20-29(36-37(30)32(38)22-10-3-1-4-11-22)27-17-15-21-9-7-8-14-25(21)31(27)40-33(39)23-12-5-2-6-13-23/h1-19,30H,20H2/t30-/m1/s1. The first-order valence-electron chi connectivity index (χ1n) is 12.7. The molecular weight excluding hydrogens is 543 g/mol. The van der Waals surface area contributed by atoms with Gasteiger partial charge in [-0.1, -0.05) is 96.0 Å². The van der Waals surface area contributed by atoms with Gasteiger partial charge in [0.2, 0.25) is 0 Å². The van der Waals surface area contributed by atoms with Crippen LogP contribution in [0.5, 0.6) is 5.75 Å². The number of carbonyl (C=O) groups is 2. The van der Waals surface area contributed by atoms with E-state index in [9.17, 15) is 9.59 Å². The van der Waals surface area contributed by atoms with Crippen LogP contribution in [0.4, 0.5) is 0 Å². The average molecular weight is 565 g/mol. The van der Waals surface area contributed by atoms with E-state index in [0.29, 0.717) is 44.6 Å². The number of nitrogens with zero attached hydrogens (tertiary/aromatic N) is 2. The highest BCUT2D eigenvalue weighted by molar-refractivity contribution is 6.35. The molecule has 1 aliphatic heterocycles. The summed E-state index contributed by atoms with van der Waals surface area (Å²) < 4.78 is 6.05. The van der Waals surface area contributed by atoms with Crippen LogP contribution in [-0.2, 0) is 0 Å². The molecule has 6 rings (SSSR count). The Morgan fingerprint density at radius 1 is 0.775 bits per heavy atom. The molecule has 0 unspecified atom stereocenters. The molecule has 1 aliphatic rings. The first-order chi connectivity index (χ1) is 19.5. The van der Waals surface area contributed by atoms with Crippen LogP contribution in [0.25, 0.3) is 10.8 Å². The third kappa shape index (κ3) is 4.97. The van der Waals surface area contributed by atoms with Crippen molar-refractivity contribution in [3.05, 3.63) is 148 Å². The van der Waals surface area contributed by atoms with Gasteiger partial charge in [-0.3, -0.25) is 4.79 Å². The molecular formula is C33H22Cl2N2O3. The summed E-state index contributed by atoms with van der Waals surface area (Å²) in [7, 11) is 0. The predicted octanol–water partition coefficient (Wildman–Crippen LogP) is 8.36. The Kier molecular flexibility index (Phi) is 7.08. The number of benzene rings is 5. The van der Waals surface area contributed by atoms with Crippen molar-refractivity contribution in [2.45, 2.75) is 12.5 Å². The molecule has 0 saturated carbocycles. The summed E-state index contributed by atoms with van der Waals surface area (Å²) >= 11 is 12.8. The van der Waals surface area contributed by atoms with Crippen molar-refractivity contribution >= 4 is 51.6 Å². The van der Waals surface area contributed by atoms with E-state index in [-0.39, 0.29) is 5.91 Å². The second kappa shape index (κ2) is 11.0. The molecule has 5 aromatic carbocycles. The Hall–Kier alpha value is -4.45. The predicted molar refractivity (Wildman–Crippen MR) is 158 cm³/mol. The Bertz CT molecular complexity index is 1770. The minimum atomic E-state index is -0.489. The molecule has 0 fully saturated rings. The molecule has 0 bridgehead atoms. The molecule has 196 valence electrons. The summed E-state index contributed by atoms with van der Waals surface area (Å²) in [6.45, 7) is 0. The molecule has 40 heavy (non-hydrogen) atoms. The van der Waals surface area contributed by atoms with Crippen LogP contribution in [0, 0.1) is 0 Å². The van der Waals surface area contributed by atoms with Crippen LogP contribution in [-0.4, -0.2) is 22.6 Å². The number of ether oxygens (including phenoxy) is 1. The number of rotatable bonds is 5. The van der Waals surface area contributed by atoms with Crippen LogP contribution in [0.2, 0.25) is 10.0 Å². The molecule has 1 atom stereocenters. The third-order valence-corrected chi connectivity index (χ3v) is 7.42. The first kappa shape index (κ1) is 25.8. The molecule has 0 aliphatic carbocycles. The van der Waals surface area contributed by atoms with Crippen LogP contribution in [0.1, 0.15) is 44.3 Å². The number of amides is 1. The van der Waals surface area contributed by atoms with E-state index in [4.69, 9.17) is 33.0 Å². The van der Waals surface area contributed by atoms with E-state index in [0.717, 1.165) is 16.3 Å². The van der Waals surface area contributed by atoms with Gasteiger partial charge in [-0.2, -0.15) is 5.10 Å².